The van der Waals surface area contributed by atoms with Gasteiger partial charge in [-0.25, -0.2) is 14.7 Å². The fourth-order valence-corrected chi connectivity index (χ4v) is 1.17. The Hall–Kier alpha value is -2.24. The van der Waals surface area contributed by atoms with Gasteiger partial charge >= 0.3 is 5.97 Å². The van der Waals surface area contributed by atoms with Gasteiger partial charge in [0.15, 0.2) is 6.29 Å². The lowest BCUT2D eigenvalue weighted by Gasteiger charge is -2.04. The third-order valence-corrected chi connectivity index (χ3v) is 1.98. The molecule has 0 unspecified atom stereocenters. The normalized spacial score (nSPS) is 10.3. The Balaban J connectivity index is 3.11. The monoisotopic (exact) mass is 241 g/mol. The second kappa shape index (κ2) is 5.74. The minimum Gasteiger partial charge on any atom is -0.466 e. The molecule has 1 aromatic rings. The highest BCUT2D eigenvalue weighted by molar-refractivity contribution is 5.89. The van der Waals surface area contributed by atoms with E-state index in [4.69, 9.17) is 0 Å². The Morgan fingerprint density at radius 2 is 2.18 bits per heavy atom. The molecular weight excluding hydrogens is 232 g/mol. The Kier molecular flexibility index (Phi) is 4.33. The molecule has 0 spiro atoms. The van der Waals surface area contributed by atoms with Crippen LogP contribution in [0.3, 0.4) is 0 Å². The first-order valence-electron chi connectivity index (χ1n) is 4.53. The van der Waals surface area contributed by atoms with Crippen LogP contribution < -0.4 is 5.54 Å². The molecule has 1 rings (SSSR count). The first kappa shape index (κ1) is 12.8. The first-order chi connectivity index (χ1) is 8.12. The van der Waals surface area contributed by atoms with Crippen molar-refractivity contribution in [1.29, 1.82) is 0 Å². The van der Waals surface area contributed by atoms with Crippen molar-refractivity contribution in [3.05, 3.63) is 35.2 Å². The number of halogens is 2. The molecule has 0 saturated heterocycles. The molecule has 4 nitrogen and oxygen atoms in total. The highest BCUT2D eigenvalue weighted by Gasteiger charge is 2.09. The summed E-state index contributed by atoms with van der Waals surface area (Å²) in [6.07, 6.45) is 2.49. The molecule has 90 valence electrons. The van der Waals surface area contributed by atoms with Crippen LogP contribution in [0.1, 0.15) is 15.9 Å². The summed E-state index contributed by atoms with van der Waals surface area (Å²) in [5, 5.41) is 0. The van der Waals surface area contributed by atoms with Gasteiger partial charge in [-0.3, -0.25) is 4.79 Å². The van der Waals surface area contributed by atoms with Gasteiger partial charge < -0.3 is 4.74 Å². The summed E-state index contributed by atoms with van der Waals surface area (Å²) in [4.78, 5) is 21.3. The van der Waals surface area contributed by atoms with E-state index in [1.807, 2.05) is 0 Å². The van der Waals surface area contributed by atoms with Gasteiger partial charge in [0.05, 0.1) is 18.4 Å². The summed E-state index contributed by atoms with van der Waals surface area (Å²) in [6.45, 7) is 0. The van der Waals surface area contributed by atoms with Gasteiger partial charge in [0.2, 0.25) is 0 Å². The number of methoxy groups -OCH3 is 1. The van der Waals surface area contributed by atoms with Crippen molar-refractivity contribution < 1.29 is 23.2 Å². The van der Waals surface area contributed by atoms with Gasteiger partial charge in [0, 0.05) is 6.08 Å². The Bertz CT molecular complexity index is 472. The number of carbonyl (C=O) groups excluding carboxylic acids is 2. The van der Waals surface area contributed by atoms with Gasteiger partial charge in [-0.15, -0.1) is 4.48 Å². The number of benzene rings is 1. The fraction of sp³-hybridized carbons (Fsp3) is 0.0909. The molecule has 0 fully saturated rings. The number of rotatable bonds is 4. The van der Waals surface area contributed by atoms with E-state index in [-0.39, 0.29) is 17.5 Å². The second-order valence-electron chi connectivity index (χ2n) is 3.03. The van der Waals surface area contributed by atoms with E-state index >= 15 is 0 Å². The van der Waals surface area contributed by atoms with Crippen LogP contribution in [0.5, 0.6) is 0 Å². The first-order valence-corrected chi connectivity index (χ1v) is 4.53. The molecule has 0 atom stereocenters. The van der Waals surface area contributed by atoms with Crippen LogP contribution in [-0.2, 0) is 9.53 Å². The Labute approximate surface area is 95.8 Å². The maximum Gasteiger partial charge on any atom is 0.330 e. The lowest BCUT2D eigenvalue weighted by atomic mass is 10.1. The molecule has 0 aliphatic rings. The van der Waals surface area contributed by atoms with E-state index in [1.165, 1.54) is 24.8 Å². The average Bonchev–Trinajstić information content (AvgIpc) is 2.34. The van der Waals surface area contributed by atoms with Crippen molar-refractivity contribution in [1.82, 2.24) is 0 Å². The zero-order valence-electron chi connectivity index (χ0n) is 8.87. The van der Waals surface area contributed by atoms with Gasteiger partial charge in [-0.1, -0.05) is 0 Å². The zero-order chi connectivity index (χ0) is 12.8. The van der Waals surface area contributed by atoms with Crippen LogP contribution >= 0.6 is 0 Å². The standard InChI is InChI=1S/C11H9F2NO3/c1-17-11(16)3-2-7-4-9(12)8(6-15)10(5-7)14-13/h2-6,14H,1H3/b3-2+. The molecule has 0 bridgehead atoms. The summed E-state index contributed by atoms with van der Waals surface area (Å²) >= 11 is 0. The van der Waals surface area contributed by atoms with E-state index < -0.39 is 17.3 Å². The number of aldehydes is 1. The van der Waals surface area contributed by atoms with Crippen molar-refractivity contribution in [2.45, 2.75) is 0 Å². The smallest absolute Gasteiger partial charge is 0.330 e. The van der Waals surface area contributed by atoms with E-state index in [9.17, 15) is 18.5 Å². The van der Waals surface area contributed by atoms with E-state index in [0.717, 1.165) is 12.1 Å². The summed E-state index contributed by atoms with van der Waals surface area (Å²) in [6, 6.07) is 2.19. The molecule has 0 aliphatic carbocycles. The molecule has 0 aromatic heterocycles. The molecule has 1 aromatic carbocycles. The van der Waals surface area contributed by atoms with Crippen molar-refractivity contribution in [3.63, 3.8) is 0 Å². The van der Waals surface area contributed by atoms with Crippen LogP contribution in [0.25, 0.3) is 6.08 Å². The zero-order valence-corrected chi connectivity index (χ0v) is 8.87. The second-order valence-corrected chi connectivity index (χ2v) is 3.03. The number of nitrogens with one attached hydrogen (secondary N) is 1. The lowest BCUT2D eigenvalue weighted by molar-refractivity contribution is -0.134. The van der Waals surface area contributed by atoms with E-state index in [1.54, 1.807) is 0 Å². The molecule has 1 N–H and O–H groups in total. The summed E-state index contributed by atoms with van der Waals surface area (Å²) < 4.78 is 30.0. The van der Waals surface area contributed by atoms with Crippen LogP contribution in [0.15, 0.2) is 18.2 Å². The Morgan fingerprint density at radius 1 is 1.47 bits per heavy atom. The number of hydrogen-bond acceptors (Lipinski definition) is 4. The predicted molar refractivity (Wildman–Crippen MR) is 57.6 cm³/mol. The molecule has 0 saturated carbocycles. The largest absolute Gasteiger partial charge is 0.466 e. The fourth-order valence-electron chi connectivity index (χ4n) is 1.17. The van der Waals surface area contributed by atoms with E-state index in [0.29, 0.717) is 0 Å². The van der Waals surface area contributed by atoms with Gasteiger partial charge in [0.25, 0.3) is 0 Å². The van der Waals surface area contributed by atoms with Crippen molar-refractivity contribution in [3.8, 4) is 0 Å². The Morgan fingerprint density at radius 3 is 2.71 bits per heavy atom. The highest BCUT2D eigenvalue weighted by Crippen LogP contribution is 2.21. The molecule has 0 amide bonds. The number of hydrogen-bond donors (Lipinski definition) is 1. The number of carbonyl (C=O) groups is 2. The average molecular weight is 241 g/mol. The summed E-state index contributed by atoms with van der Waals surface area (Å²) in [5.41, 5.74) is 0.713. The minimum atomic E-state index is -0.882. The predicted octanol–water partition coefficient (Wildman–Crippen LogP) is 2.12. The number of ether oxygens (including phenoxy) is 1. The van der Waals surface area contributed by atoms with Crippen molar-refractivity contribution in [2.24, 2.45) is 0 Å². The highest BCUT2D eigenvalue weighted by atomic mass is 19.2. The van der Waals surface area contributed by atoms with Gasteiger partial charge in [-0.05, 0) is 23.8 Å². The van der Waals surface area contributed by atoms with Crippen LogP contribution in [0, 0.1) is 5.82 Å². The third kappa shape index (κ3) is 3.10. The maximum absolute atomic E-state index is 13.3. The third-order valence-electron chi connectivity index (χ3n) is 1.98. The molecule has 0 heterocycles. The summed E-state index contributed by atoms with van der Waals surface area (Å²) in [5.74, 6) is -1.51. The van der Waals surface area contributed by atoms with Crippen LogP contribution in [-0.4, -0.2) is 19.4 Å². The quantitative estimate of drug-likeness (QED) is 0.379. The van der Waals surface area contributed by atoms with Gasteiger partial charge in [0.1, 0.15) is 5.82 Å². The number of anilines is 1. The SMILES string of the molecule is COC(=O)/C=C/c1cc(F)c(C=O)c(NF)c1. The lowest BCUT2D eigenvalue weighted by Crippen LogP contribution is -1.97. The van der Waals surface area contributed by atoms with Crippen molar-refractivity contribution >= 4 is 24.0 Å². The molecule has 0 radical (unpaired) electrons. The van der Waals surface area contributed by atoms with E-state index in [2.05, 4.69) is 4.74 Å². The number of esters is 1. The maximum atomic E-state index is 13.3. The van der Waals surface area contributed by atoms with Crippen molar-refractivity contribution in [2.75, 3.05) is 12.6 Å². The van der Waals surface area contributed by atoms with Crippen LogP contribution in [0.2, 0.25) is 0 Å². The van der Waals surface area contributed by atoms with Gasteiger partial charge in [-0.2, -0.15) is 0 Å². The molecule has 0 aliphatic heterocycles. The molecular formula is C11H9F2NO3. The minimum absolute atomic E-state index is 0.199. The van der Waals surface area contributed by atoms with Crippen LogP contribution in [0.4, 0.5) is 14.6 Å². The topological polar surface area (TPSA) is 55.4 Å². The molecule has 17 heavy (non-hydrogen) atoms. The molecule has 6 heteroatoms. The summed E-state index contributed by atoms with van der Waals surface area (Å²) in [7, 11) is 1.19.